The van der Waals surface area contributed by atoms with E-state index in [4.69, 9.17) is 4.74 Å². The minimum Gasteiger partial charge on any atom is -0.381 e. The Morgan fingerprint density at radius 2 is 2.20 bits per heavy atom. The van der Waals surface area contributed by atoms with Crippen molar-refractivity contribution in [2.24, 2.45) is 5.92 Å². The molecule has 0 spiro atoms. The highest BCUT2D eigenvalue weighted by molar-refractivity contribution is 5.92. The van der Waals surface area contributed by atoms with Gasteiger partial charge in [0.2, 0.25) is 5.91 Å². The molecule has 1 aromatic heterocycles. The summed E-state index contributed by atoms with van der Waals surface area (Å²) in [5.74, 6) is 0.961. The molecule has 2 heterocycles. The molecule has 0 aromatic carbocycles. The maximum Gasteiger partial charge on any atom is 0.227 e. The topological polar surface area (TPSA) is 63.2 Å². The molecule has 0 saturated carbocycles. The molecule has 2 rings (SSSR count). The number of pyridine rings is 1. The number of carbonyl (C=O) groups is 1. The molecule has 1 unspecified atom stereocenters. The van der Waals surface area contributed by atoms with Crippen LogP contribution in [0.3, 0.4) is 0 Å². The largest absolute Gasteiger partial charge is 0.381 e. The van der Waals surface area contributed by atoms with Crippen molar-refractivity contribution in [2.45, 2.75) is 39.2 Å². The van der Waals surface area contributed by atoms with E-state index in [0.29, 0.717) is 19.3 Å². The lowest BCUT2D eigenvalue weighted by Crippen LogP contribution is -2.28. The highest BCUT2D eigenvalue weighted by Crippen LogP contribution is 2.18. The monoisotopic (exact) mass is 277 g/mol. The maximum absolute atomic E-state index is 12.1. The second kappa shape index (κ2) is 7.24. The van der Waals surface area contributed by atoms with Gasteiger partial charge in [0, 0.05) is 25.2 Å². The van der Waals surface area contributed by atoms with Crippen molar-refractivity contribution >= 4 is 17.4 Å². The van der Waals surface area contributed by atoms with Crippen LogP contribution in [0.25, 0.3) is 0 Å². The summed E-state index contributed by atoms with van der Waals surface area (Å²) in [6.07, 6.45) is 4.34. The number of ether oxygens (including phenoxy) is 1. The maximum atomic E-state index is 12.1. The first-order valence-corrected chi connectivity index (χ1v) is 7.30. The quantitative estimate of drug-likeness (QED) is 0.868. The number of nitrogens with zero attached hydrogens (tertiary/aromatic N) is 1. The summed E-state index contributed by atoms with van der Waals surface area (Å²) in [6.45, 7) is 5.59. The first-order chi connectivity index (χ1) is 9.69. The molecule has 20 heavy (non-hydrogen) atoms. The number of nitrogens with one attached hydrogen (secondary N) is 2. The van der Waals surface area contributed by atoms with Crippen molar-refractivity contribution in [1.29, 1.82) is 0 Å². The summed E-state index contributed by atoms with van der Waals surface area (Å²) in [4.78, 5) is 16.4. The lowest BCUT2D eigenvalue weighted by molar-refractivity contribution is -0.122. The molecule has 1 aromatic rings. The fraction of sp³-hybridized carbons (Fsp3) is 0.600. The minimum absolute atomic E-state index is 0.0571. The minimum atomic E-state index is 0.0571. The van der Waals surface area contributed by atoms with Gasteiger partial charge in [-0.25, -0.2) is 4.98 Å². The zero-order valence-electron chi connectivity index (χ0n) is 12.2. The second-order valence-electron chi connectivity index (χ2n) is 5.26. The standard InChI is InChI=1S/C15H23N3O2/c1-3-11(2)17-14-5-4-13(10-16-14)18-15(19)12-6-8-20-9-7-12/h4-5,10-12H,3,6-9H2,1-2H3,(H,16,17)(H,18,19). The van der Waals surface area contributed by atoms with Gasteiger partial charge < -0.3 is 15.4 Å². The van der Waals surface area contributed by atoms with Crippen LogP contribution in [0.2, 0.25) is 0 Å². The van der Waals surface area contributed by atoms with Gasteiger partial charge in [0.25, 0.3) is 0 Å². The van der Waals surface area contributed by atoms with Crippen molar-refractivity contribution in [2.75, 3.05) is 23.8 Å². The molecule has 0 aliphatic carbocycles. The van der Waals surface area contributed by atoms with Crippen LogP contribution < -0.4 is 10.6 Å². The number of aromatic nitrogens is 1. The molecule has 2 N–H and O–H groups in total. The summed E-state index contributed by atoms with van der Waals surface area (Å²) in [5.41, 5.74) is 0.746. The van der Waals surface area contributed by atoms with E-state index in [1.165, 1.54) is 0 Å². The second-order valence-corrected chi connectivity index (χ2v) is 5.26. The van der Waals surface area contributed by atoms with E-state index in [9.17, 15) is 4.79 Å². The molecule has 1 fully saturated rings. The molecular formula is C15H23N3O2. The Morgan fingerprint density at radius 3 is 2.80 bits per heavy atom. The van der Waals surface area contributed by atoms with Crippen LogP contribution in [-0.4, -0.2) is 30.1 Å². The van der Waals surface area contributed by atoms with Gasteiger partial charge in [-0.15, -0.1) is 0 Å². The van der Waals surface area contributed by atoms with Crippen molar-refractivity contribution in [3.8, 4) is 0 Å². The number of anilines is 2. The van der Waals surface area contributed by atoms with E-state index in [-0.39, 0.29) is 11.8 Å². The van der Waals surface area contributed by atoms with Crippen LogP contribution in [0.5, 0.6) is 0 Å². The summed E-state index contributed by atoms with van der Waals surface area (Å²) in [6, 6.07) is 4.17. The van der Waals surface area contributed by atoms with Gasteiger partial charge >= 0.3 is 0 Å². The summed E-state index contributed by atoms with van der Waals surface area (Å²) in [5, 5.41) is 6.22. The molecule has 0 radical (unpaired) electrons. The van der Waals surface area contributed by atoms with E-state index in [1.807, 2.05) is 12.1 Å². The molecule has 5 nitrogen and oxygen atoms in total. The smallest absolute Gasteiger partial charge is 0.227 e. The first kappa shape index (κ1) is 14.8. The third kappa shape index (κ3) is 4.20. The molecule has 1 aliphatic rings. The van der Waals surface area contributed by atoms with Gasteiger partial charge in [-0.1, -0.05) is 6.92 Å². The van der Waals surface area contributed by atoms with Crippen molar-refractivity contribution in [1.82, 2.24) is 4.98 Å². The third-order valence-corrected chi connectivity index (χ3v) is 3.63. The Hall–Kier alpha value is -1.62. The normalized spacial score (nSPS) is 17.5. The molecule has 1 saturated heterocycles. The fourth-order valence-electron chi connectivity index (χ4n) is 2.11. The van der Waals surface area contributed by atoms with E-state index in [0.717, 1.165) is 30.8 Å². The van der Waals surface area contributed by atoms with Crippen molar-refractivity contribution in [3.05, 3.63) is 18.3 Å². The van der Waals surface area contributed by atoms with Crippen LogP contribution in [-0.2, 0) is 9.53 Å². The zero-order valence-corrected chi connectivity index (χ0v) is 12.2. The predicted octanol–water partition coefficient (Wildman–Crippen LogP) is 2.66. The Morgan fingerprint density at radius 1 is 1.45 bits per heavy atom. The molecule has 1 aliphatic heterocycles. The van der Waals surface area contributed by atoms with E-state index < -0.39 is 0 Å². The highest BCUT2D eigenvalue weighted by Gasteiger charge is 2.21. The predicted molar refractivity (Wildman–Crippen MR) is 79.8 cm³/mol. The van der Waals surface area contributed by atoms with Gasteiger partial charge in [0.15, 0.2) is 0 Å². The van der Waals surface area contributed by atoms with Crippen LogP contribution >= 0.6 is 0 Å². The molecule has 110 valence electrons. The fourth-order valence-corrected chi connectivity index (χ4v) is 2.11. The van der Waals surface area contributed by atoms with Crippen LogP contribution in [0.1, 0.15) is 33.1 Å². The number of rotatable bonds is 5. The van der Waals surface area contributed by atoms with Gasteiger partial charge in [-0.05, 0) is 38.3 Å². The molecule has 1 atom stereocenters. The Kier molecular flexibility index (Phi) is 5.35. The summed E-state index contributed by atoms with van der Waals surface area (Å²) in [7, 11) is 0. The van der Waals surface area contributed by atoms with E-state index in [2.05, 4.69) is 29.5 Å². The Labute approximate surface area is 120 Å². The van der Waals surface area contributed by atoms with Gasteiger partial charge in [-0.2, -0.15) is 0 Å². The number of hydrogen-bond acceptors (Lipinski definition) is 4. The van der Waals surface area contributed by atoms with Gasteiger partial charge in [0.05, 0.1) is 11.9 Å². The Bertz CT molecular complexity index is 427. The molecular weight excluding hydrogens is 254 g/mol. The average Bonchev–Trinajstić information content (AvgIpc) is 2.50. The van der Waals surface area contributed by atoms with Crippen molar-refractivity contribution in [3.63, 3.8) is 0 Å². The number of hydrogen-bond donors (Lipinski definition) is 2. The van der Waals surface area contributed by atoms with E-state index >= 15 is 0 Å². The Balaban J connectivity index is 1.88. The lowest BCUT2D eigenvalue weighted by Gasteiger charge is -2.21. The summed E-state index contributed by atoms with van der Waals surface area (Å²) >= 11 is 0. The third-order valence-electron chi connectivity index (χ3n) is 3.63. The lowest BCUT2D eigenvalue weighted by atomic mass is 9.99. The number of carbonyl (C=O) groups excluding carboxylic acids is 1. The SMILES string of the molecule is CCC(C)Nc1ccc(NC(=O)C2CCOCC2)cn1. The van der Waals surface area contributed by atoms with Gasteiger partial charge in [-0.3, -0.25) is 4.79 Å². The van der Waals surface area contributed by atoms with Crippen LogP contribution in [0, 0.1) is 5.92 Å². The molecule has 0 bridgehead atoms. The highest BCUT2D eigenvalue weighted by atomic mass is 16.5. The molecule has 5 heteroatoms. The van der Waals surface area contributed by atoms with Crippen molar-refractivity contribution < 1.29 is 9.53 Å². The van der Waals surface area contributed by atoms with E-state index in [1.54, 1.807) is 6.20 Å². The zero-order chi connectivity index (χ0) is 14.4. The van der Waals surface area contributed by atoms with Crippen LogP contribution in [0.4, 0.5) is 11.5 Å². The molecule has 1 amide bonds. The summed E-state index contributed by atoms with van der Waals surface area (Å²) < 4.78 is 5.26. The average molecular weight is 277 g/mol. The van der Waals surface area contributed by atoms with Gasteiger partial charge in [0.1, 0.15) is 5.82 Å². The first-order valence-electron chi connectivity index (χ1n) is 7.30. The van der Waals surface area contributed by atoms with Crippen LogP contribution in [0.15, 0.2) is 18.3 Å². The number of amides is 1.